The number of H-pyrrole nitrogens is 1. The highest BCUT2D eigenvalue weighted by Gasteiger charge is 2.49. The van der Waals surface area contributed by atoms with Crippen molar-refractivity contribution in [3.63, 3.8) is 0 Å². The Labute approximate surface area is 238 Å². The Kier molecular flexibility index (Phi) is 7.07. The molecule has 6 rings (SSSR count). The van der Waals surface area contributed by atoms with Gasteiger partial charge in [0.15, 0.2) is 0 Å². The highest BCUT2D eigenvalue weighted by molar-refractivity contribution is 6.04. The second kappa shape index (κ2) is 10.8. The molecule has 3 heterocycles. The number of halogens is 1. The van der Waals surface area contributed by atoms with Crippen molar-refractivity contribution in [2.75, 3.05) is 6.54 Å². The molecule has 0 spiro atoms. The first kappa shape index (κ1) is 26.7. The maximum Gasteiger partial charge on any atom is 0.255 e. The molecule has 4 aromatic rings. The normalized spacial score (nSPS) is 18.1. The Morgan fingerprint density at radius 2 is 1.76 bits per heavy atom. The van der Waals surface area contributed by atoms with Gasteiger partial charge in [0.2, 0.25) is 11.8 Å². The van der Waals surface area contributed by atoms with Gasteiger partial charge in [-0.05, 0) is 53.6 Å². The van der Waals surface area contributed by atoms with Crippen molar-refractivity contribution in [2.45, 2.75) is 51.2 Å². The molecule has 1 aromatic heterocycles. The number of amides is 3. The van der Waals surface area contributed by atoms with Crippen LogP contribution in [-0.4, -0.2) is 46.2 Å². The molecule has 3 aromatic carbocycles. The average Bonchev–Trinajstić information content (AvgIpc) is 3.48. The number of aromatic nitrogens is 1. The van der Waals surface area contributed by atoms with Crippen molar-refractivity contribution in [3.8, 4) is 0 Å². The molecule has 210 valence electrons. The predicted molar refractivity (Wildman–Crippen MR) is 155 cm³/mol. The first-order valence-corrected chi connectivity index (χ1v) is 14.2. The molecule has 41 heavy (non-hydrogen) atoms. The molecule has 0 saturated heterocycles. The summed E-state index contributed by atoms with van der Waals surface area (Å²) in [4.78, 5) is 46.1. The number of nitrogens with zero attached hydrogens (tertiary/aromatic N) is 1. The standard InChI is InChI=1S/C33H33FN4O3/c1-19(2)17-27(31(39)35-16-15-20-9-3-7-13-25(20)34)37-32(40)28-18-24-21-10-6-8-14-26(21)36-29(24)30-22-11-4-5-12-23(22)33(41)38(28)30/h3-14,19,27-28,30,36H,15-18H2,1-2H3,(H,35,39)(H,37,40). The molecule has 7 nitrogen and oxygen atoms in total. The lowest BCUT2D eigenvalue weighted by atomic mass is 9.89. The predicted octanol–water partition coefficient (Wildman–Crippen LogP) is 4.67. The van der Waals surface area contributed by atoms with E-state index in [2.05, 4.69) is 15.6 Å². The van der Waals surface area contributed by atoms with E-state index >= 15 is 0 Å². The van der Waals surface area contributed by atoms with Crippen molar-refractivity contribution < 1.29 is 18.8 Å². The number of hydrogen-bond donors (Lipinski definition) is 3. The molecular weight excluding hydrogens is 519 g/mol. The molecule has 3 atom stereocenters. The third-order valence-corrected chi connectivity index (χ3v) is 8.15. The summed E-state index contributed by atoms with van der Waals surface area (Å²) < 4.78 is 14.0. The fraction of sp³-hybridized carbons (Fsp3) is 0.303. The van der Waals surface area contributed by atoms with E-state index in [0.29, 0.717) is 30.4 Å². The number of hydrogen-bond acceptors (Lipinski definition) is 3. The molecule has 3 unspecified atom stereocenters. The first-order chi connectivity index (χ1) is 19.8. The Hall–Kier alpha value is -4.46. The van der Waals surface area contributed by atoms with Crippen molar-refractivity contribution in [3.05, 3.63) is 107 Å². The Bertz CT molecular complexity index is 1640. The van der Waals surface area contributed by atoms with Gasteiger partial charge in [0, 0.05) is 35.1 Å². The fourth-order valence-corrected chi connectivity index (χ4v) is 6.25. The second-order valence-electron chi connectivity index (χ2n) is 11.3. The first-order valence-electron chi connectivity index (χ1n) is 14.2. The van der Waals surface area contributed by atoms with Gasteiger partial charge < -0.3 is 20.5 Å². The van der Waals surface area contributed by atoms with Gasteiger partial charge in [-0.1, -0.05) is 68.4 Å². The van der Waals surface area contributed by atoms with E-state index in [1.54, 1.807) is 29.2 Å². The van der Waals surface area contributed by atoms with Crippen LogP contribution in [0.5, 0.6) is 0 Å². The van der Waals surface area contributed by atoms with Gasteiger partial charge in [0.05, 0.1) is 6.04 Å². The van der Waals surface area contributed by atoms with Crippen molar-refractivity contribution in [1.29, 1.82) is 0 Å². The summed E-state index contributed by atoms with van der Waals surface area (Å²) in [5, 5.41) is 6.88. The van der Waals surface area contributed by atoms with Crippen LogP contribution in [0.15, 0.2) is 72.8 Å². The highest BCUT2D eigenvalue weighted by Crippen LogP contribution is 2.46. The summed E-state index contributed by atoms with van der Waals surface area (Å²) in [6, 6.07) is 19.9. The third kappa shape index (κ3) is 4.88. The van der Waals surface area contributed by atoms with Crippen molar-refractivity contribution >= 4 is 28.6 Å². The molecule has 0 aliphatic carbocycles. The number of fused-ring (bicyclic) bond motifs is 7. The number of carbonyl (C=O) groups excluding carboxylic acids is 3. The summed E-state index contributed by atoms with van der Waals surface area (Å²) in [5.41, 5.74) is 4.88. The lowest BCUT2D eigenvalue weighted by Gasteiger charge is -2.37. The topological polar surface area (TPSA) is 94.3 Å². The molecule has 2 aliphatic rings. The maximum atomic E-state index is 14.0. The van der Waals surface area contributed by atoms with Crippen LogP contribution in [0.4, 0.5) is 4.39 Å². The molecule has 3 N–H and O–H groups in total. The van der Waals surface area contributed by atoms with Crippen LogP contribution in [0.25, 0.3) is 10.9 Å². The zero-order valence-corrected chi connectivity index (χ0v) is 23.1. The van der Waals surface area contributed by atoms with Crippen LogP contribution in [-0.2, 0) is 22.4 Å². The Balaban J connectivity index is 1.26. The zero-order valence-electron chi connectivity index (χ0n) is 23.1. The van der Waals surface area contributed by atoms with E-state index in [1.807, 2.05) is 56.3 Å². The molecular formula is C33H33FN4O3. The summed E-state index contributed by atoms with van der Waals surface area (Å²) in [6.45, 7) is 4.22. The number of aromatic amines is 1. The zero-order chi connectivity index (χ0) is 28.7. The van der Waals surface area contributed by atoms with Crippen LogP contribution >= 0.6 is 0 Å². The average molecular weight is 553 g/mol. The third-order valence-electron chi connectivity index (χ3n) is 8.15. The van der Waals surface area contributed by atoms with Gasteiger partial charge in [-0.15, -0.1) is 0 Å². The van der Waals surface area contributed by atoms with Gasteiger partial charge in [0.1, 0.15) is 17.9 Å². The number of para-hydroxylation sites is 1. The second-order valence-corrected chi connectivity index (χ2v) is 11.3. The molecule has 8 heteroatoms. The Morgan fingerprint density at radius 1 is 1.02 bits per heavy atom. The lowest BCUT2D eigenvalue weighted by Crippen LogP contribution is -2.56. The van der Waals surface area contributed by atoms with Gasteiger partial charge in [-0.2, -0.15) is 0 Å². The van der Waals surface area contributed by atoms with Crippen molar-refractivity contribution in [2.24, 2.45) is 5.92 Å². The minimum Gasteiger partial charge on any atom is -0.356 e. The maximum absolute atomic E-state index is 14.0. The minimum absolute atomic E-state index is 0.134. The van der Waals surface area contributed by atoms with Crippen molar-refractivity contribution in [1.82, 2.24) is 20.5 Å². The molecule has 2 aliphatic heterocycles. The van der Waals surface area contributed by atoms with E-state index in [-0.39, 0.29) is 36.0 Å². The number of rotatable bonds is 8. The smallest absolute Gasteiger partial charge is 0.255 e. The summed E-state index contributed by atoms with van der Waals surface area (Å²) in [6.07, 6.45) is 1.11. The van der Waals surface area contributed by atoms with E-state index in [1.165, 1.54) is 6.07 Å². The van der Waals surface area contributed by atoms with Gasteiger partial charge in [-0.25, -0.2) is 4.39 Å². The summed E-state index contributed by atoms with van der Waals surface area (Å²) in [7, 11) is 0. The highest BCUT2D eigenvalue weighted by atomic mass is 19.1. The molecule has 3 amide bonds. The van der Waals surface area contributed by atoms with E-state index in [9.17, 15) is 18.8 Å². The summed E-state index contributed by atoms with van der Waals surface area (Å²) >= 11 is 0. The van der Waals surface area contributed by atoms with Crippen LogP contribution in [0.2, 0.25) is 0 Å². The number of carbonyl (C=O) groups is 3. The lowest BCUT2D eigenvalue weighted by molar-refractivity contribution is -0.132. The Morgan fingerprint density at radius 3 is 2.56 bits per heavy atom. The minimum atomic E-state index is -0.786. The molecule has 0 radical (unpaired) electrons. The van der Waals surface area contributed by atoms with Crippen LogP contribution in [0, 0.1) is 11.7 Å². The van der Waals surface area contributed by atoms with E-state index in [4.69, 9.17) is 0 Å². The van der Waals surface area contributed by atoms with E-state index in [0.717, 1.165) is 27.7 Å². The molecule has 0 bridgehead atoms. The van der Waals surface area contributed by atoms with Gasteiger partial charge >= 0.3 is 0 Å². The number of benzene rings is 3. The summed E-state index contributed by atoms with van der Waals surface area (Å²) in [5.74, 6) is -1.05. The fourth-order valence-electron chi connectivity index (χ4n) is 6.25. The monoisotopic (exact) mass is 552 g/mol. The van der Waals surface area contributed by atoms with Crippen LogP contribution < -0.4 is 10.6 Å². The van der Waals surface area contributed by atoms with Gasteiger partial charge in [-0.3, -0.25) is 14.4 Å². The largest absolute Gasteiger partial charge is 0.356 e. The SMILES string of the molecule is CC(C)CC(NC(=O)C1Cc2c([nH]c3ccccc23)C2c3ccccc3C(=O)N12)C(=O)NCCc1ccccc1F. The quantitative estimate of drug-likeness (QED) is 0.297. The molecule has 0 fully saturated rings. The van der Waals surface area contributed by atoms with Gasteiger partial charge in [0.25, 0.3) is 5.91 Å². The molecule has 0 saturated carbocycles. The number of nitrogens with one attached hydrogen (secondary N) is 3. The van der Waals surface area contributed by atoms with E-state index < -0.39 is 18.1 Å². The van der Waals surface area contributed by atoms with Crippen LogP contribution in [0.3, 0.4) is 0 Å². The van der Waals surface area contributed by atoms with Crippen LogP contribution in [0.1, 0.15) is 59.1 Å².